The number of rotatable bonds is 7. The summed E-state index contributed by atoms with van der Waals surface area (Å²) in [5, 5.41) is 2.03. The number of hydrogen-bond donors (Lipinski definition) is 0. The highest BCUT2D eigenvalue weighted by Crippen LogP contribution is 2.61. The Morgan fingerprint density at radius 2 is 1.06 bits per heavy atom. The van der Waals surface area contributed by atoms with Crippen LogP contribution in [0.1, 0.15) is 18.9 Å². The van der Waals surface area contributed by atoms with Crippen molar-refractivity contribution in [1.82, 2.24) is 0 Å². The molecule has 2 aliphatic rings. The normalized spacial score (nSPS) is 15.9. The molecule has 1 unspecified atom stereocenters. The quantitative estimate of drug-likeness (QED) is 0.130. The average molecular weight is 629 g/mol. The smallest absolute Gasteiger partial charge is 0.185 e. The van der Waals surface area contributed by atoms with E-state index in [-0.39, 0.29) is 0 Å². The van der Waals surface area contributed by atoms with Gasteiger partial charge in [0.05, 0.1) is 10.6 Å². The molecule has 3 nitrogen and oxygen atoms in total. The van der Waals surface area contributed by atoms with Crippen molar-refractivity contribution in [2.24, 2.45) is 0 Å². The van der Waals surface area contributed by atoms with Crippen LogP contribution in [0.2, 0.25) is 0 Å². The van der Waals surface area contributed by atoms with Crippen LogP contribution in [-0.2, 0) is 11.0 Å². The first-order chi connectivity index (χ1) is 23.1. The van der Waals surface area contributed by atoms with Crippen LogP contribution in [0.25, 0.3) is 33.4 Å². The van der Waals surface area contributed by atoms with Crippen molar-refractivity contribution in [3.63, 3.8) is 0 Å². The molecule has 47 heavy (non-hydrogen) atoms. The summed E-state index contributed by atoms with van der Waals surface area (Å²) in [5.74, 6) is 2.46. The van der Waals surface area contributed by atoms with Gasteiger partial charge in [-0.25, -0.2) is 0 Å². The molecule has 0 fully saturated rings. The average Bonchev–Trinajstić information content (AvgIpc) is 3.13. The zero-order valence-corrected chi connectivity index (χ0v) is 27.0. The Hall–Kier alpha value is -5.37. The lowest BCUT2D eigenvalue weighted by atomic mass is 9.98. The van der Waals surface area contributed by atoms with Crippen LogP contribution in [0.3, 0.4) is 0 Å². The fourth-order valence-corrected chi connectivity index (χ4v) is 9.75. The number of allylic oxidation sites excluding steroid dienone is 4. The third-order valence-corrected chi connectivity index (χ3v) is 12.0. The molecule has 8 rings (SSSR count). The van der Waals surface area contributed by atoms with E-state index in [1.54, 1.807) is 0 Å². The highest BCUT2D eigenvalue weighted by Gasteiger charge is 2.48. The van der Waals surface area contributed by atoms with Crippen molar-refractivity contribution < 1.29 is 14.0 Å². The molecule has 0 aliphatic carbocycles. The van der Waals surface area contributed by atoms with E-state index < -0.39 is 7.14 Å². The maximum absolute atomic E-state index is 16.5. The van der Waals surface area contributed by atoms with Crippen LogP contribution in [0.15, 0.2) is 158 Å². The molecular formula is C43H33O3P. The Morgan fingerprint density at radius 1 is 0.553 bits per heavy atom. The van der Waals surface area contributed by atoms with E-state index >= 15 is 4.57 Å². The molecule has 0 N–H and O–H groups in total. The minimum absolute atomic E-state index is 0.601. The zero-order valence-electron chi connectivity index (χ0n) is 26.1. The first-order valence-electron chi connectivity index (χ1n) is 16.1. The molecular weight excluding hydrogens is 595 g/mol. The predicted octanol–water partition coefficient (Wildman–Crippen LogP) is 10.6. The molecule has 6 aromatic carbocycles. The van der Waals surface area contributed by atoms with Gasteiger partial charge in [-0.2, -0.15) is 0 Å². The molecule has 0 amide bonds. The molecule has 0 saturated heterocycles. The van der Waals surface area contributed by atoms with Crippen LogP contribution in [0.5, 0.6) is 23.0 Å². The van der Waals surface area contributed by atoms with E-state index in [1.165, 1.54) is 0 Å². The van der Waals surface area contributed by atoms with Gasteiger partial charge in [0.25, 0.3) is 0 Å². The fourth-order valence-electron chi connectivity index (χ4n) is 6.57. The van der Waals surface area contributed by atoms with Crippen molar-refractivity contribution in [3.05, 3.63) is 163 Å². The second-order valence-electron chi connectivity index (χ2n) is 11.8. The van der Waals surface area contributed by atoms with Crippen LogP contribution >= 0.6 is 7.14 Å². The number of hydrogen-bond acceptors (Lipinski definition) is 3. The second-order valence-corrected chi connectivity index (χ2v) is 14.5. The van der Waals surface area contributed by atoms with E-state index in [2.05, 4.69) is 98.0 Å². The largest absolute Gasteiger partial charge is 0.455 e. The number of benzene rings is 6. The van der Waals surface area contributed by atoms with E-state index in [1.807, 2.05) is 66.7 Å². The van der Waals surface area contributed by atoms with Crippen molar-refractivity contribution in [2.45, 2.75) is 19.8 Å². The van der Waals surface area contributed by atoms with Gasteiger partial charge in [-0.1, -0.05) is 134 Å². The van der Waals surface area contributed by atoms with Crippen LogP contribution < -0.4 is 25.4 Å². The van der Waals surface area contributed by atoms with Crippen LogP contribution in [0.4, 0.5) is 0 Å². The minimum Gasteiger partial charge on any atom is -0.455 e. The molecule has 0 radical (unpaired) electrons. The van der Waals surface area contributed by atoms with Gasteiger partial charge < -0.3 is 14.0 Å². The summed E-state index contributed by atoms with van der Waals surface area (Å²) in [6, 6.07) is 45.0. The summed E-state index contributed by atoms with van der Waals surface area (Å²) in [6.07, 6.45) is 9.99. The summed E-state index contributed by atoms with van der Waals surface area (Å²) >= 11 is 0. The van der Waals surface area contributed by atoms with Gasteiger partial charge in [0, 0.05) is 11.1 Å². The monoisotopic (exact) mass is 628 g/mol. The van der Waals surface area contributed by atoms with Gasteiger partial charge >= 0.3 is 0 Å². The van der Waals surface area contributed by atoms with E-state index in [4.69, 9.17) is 9.47 Å². The zero-order chi connectivity index (χ0) is 31.8. The third kappa shape index (κ3) is 5.04. The highest BCUT2D eigenvalue weighted by atomic mass is 31.2. The second kappa shape index (κ2) is 12.1. The van der Waals surface area contributed by atoms with Crippen molar-refractivity contribution in [2.75, 3.05) is 0 Å². The summed E-state index contributed by atoms with van der Waals surface area (Å²) in [6.45, 7) is 2.12. The topological polar surface area (TPSA) is 35.5 Å². The third-order valence-electron chi connectivity index (χ3n) is 8.88. The van der Waals surface area contributed by atoms with Crippen LogP contribution in [0, 0.1) is 0 Å². The highest BCUT2D eigenvalue weighted by molar-refractivity contribution is 7.86. The molecule has 0 aromatic heterocycles. The van der Waals surface area contributed by atoms with Gasteiger partial charge in [0.1, 0.15) is 28.3 Å². The lowest BCUT2D eigenvalue weighted by Crippen LogP contribution is -2.36. The molecule has 6 aromatic rings. The maximum atomic E-state index is 16.5. The molecule has 0 bridgehead atoms. The number of ether oxygens (including phenoxy) is 2. The molecule has 4 heteroatoms. The van der Waals surface area contributed by atoms with E-state index in [0.717, 1.165) is 45.4 Å². The van der Waals surface area contributed by atoms with Gasteiger partial charge in [-0.05, 0) is 71.0 Å². The summed E-state index contributed by atoms with van der Waals surface area (Å²) < 4.78 is 30.1. The van der Waals surface area contributed by atoms with Gasteiger partial charge in [0.2, 0.25) is 0 Å². The summed E-state index contributed by atoms with van der Waals surface area (Å²) in [5.41, 5.74) is 6.97. The lowest BCUT2D eigenvalue weighted by Gasteiger charge is -2.37. The molecule has 2 aliphatic heterocycles. The van der Waals surface area contributed by atoms with E-state index in [9.17, 15) is 0 Å². The maximum Gasteiger partial charge on any atom is 0.185 e. The fraction of sp³-hybridized carbons (Fsp3) is 0.0698. The van der Waals surface area contributed by atoms with Gasteiger partial charge in [-0.3, -0.25) is 0 Å². The standard InChI is InChI=1S/C43H33O3P/c1-2-3-4-5-9-22-35-27-36(32-20-14-8-15-21-32)42-43-41(35)45-37-25-23-33(30-16-10-6-11-17-30)28-39(37)47(43,44)40-29-34(24-26-38(40)46-42)31-18-12-7-13-19-31/h3-21,23-29H,2,22H2,1H3/b4-3-,9-5-. The summed E-state index contributed by atoms with van der Waals surface area (Å²) in [4.78, 5) is 0. The van der Waals surface area contributed by atoms with Gasteiger partial charge in [-0.15, -0.1) is 0 Å². The first kappa shape index (κ1) is 29.1. The van der Waals surface area contributed by atoms with Crippen molar-refractivity contribution >= 4 is 23.1 Å². The molecule has 0 saturated carbocycles. The van der Waals surface area contributed by atoms with Crippen molar-refractivity contribution in [3.8, 4) is 56.4 Å². The lowest BCUT2D eigenvalue weighted by molar-refractivity contribution is 0.459. The Bertz CT molecular complexity index is 2160. The Morgan fingerprint density at radius 3 is 1.62 bits per heavy atom. The minimum atomic E-state index is -3.52. The molecule has 228 valence electrons. The molecule has 2 heterocycles. The Kier molecular flexibility index (Phi) is 7.48. The first-order valence-corrected chi connectivity index (χ1v) is 17.8. The SMILES string of the molecule is CC/C=C\C=C/Cc1cc(-c2ccccc2)c2c3c1Oc1ccc(-c4ccccc4)cc1P3(=O)c1cc(-c3ccccc3)ccc1O2. The van der Waals surface area contributed by atoms with Gasteiger partial charge in [0.15, 0.2) is 7.14 Å². The van der Waals surface area contributed by atoms with E-state index in [0.29, 0.717) is 45.3 Å². The molecule has 1 atom stereocenters. The van der Waals surface area contributed by atoms with Crippen molar-refractivity contribution in [1.29, 1.82) is 0 Å². The Labute approximate surface area is 275 Å². The number of fused-ring (bicyclic) bond motifs is 4. The summed E-state index contributed by atoms with van der Waals surface area (Å²) in [7, 11) is -3.52. The molecule has 0 spiro atoms. The Balaban J connectivity index is 1.42. The van der Waals surface area contributed by atoms with Crippen LogP contribution in [-0.4, -0.2) is 0 Å². The predicted molar refractivity (Wildman–Crippen MR) is 195 cm³/mol.